The molecule has 1 rings (SSSR count). The van der Waals surface area contributed by atoms with Crippen LogP contribution in [0.1, 0.15) is 17.7 Å². The summed E-state index contributed by atoms with van der Waals surface area (Å²) < 4.78 is 0. The Balaban J connectivity index is 2.34. The minimum absolute atomic E-state index is 0.111. The molecule has 0 heterocycles. The molecule has 0 unspecified atom stereocenters. The molecule has 21 heavy (non-hydrogen) atoms. The van der Waals surface area contributed by atoms with Crippen molar-refractivity contribution in [2.75, 3.05) is 25.9 Å². The van der Waals surface area contributed by atoms with Gasteiger partial charge < -0.3 is 16.0 Å². The zero-order chi connectivity index (χ0) is 15.7. The van der Waals surface area contributed by atoms with Gasteiger partial charge in [-0.2, -0.15) is 11.8 Å². The molecule has 0 radical (unpaired) electrons. The summed E-state index contributed by atoms with van der Waals surface area (Å²) in [6.45, 7) is 2.76. The fourth-order valence-corrected chi connectivity index (χ4v) is 2.57. The van der Waals surface area contributed by atoms with Gasteiger partial charge in [-0.1, -0.05) is 23.7 Å². The first-order valence-electron chi connectivity index (χ1n) is 6.57. The molecule has 3 amide bonds. The van der Waals surface area contributed by atoms with Crippen molar-refractivity contribution in [3.05, 3.63) is 34.9 Å². The van der Waals surface area contributed by atoms with Crippen molar-refractivity contribution in [1.82, 2.24) is 16.0 Å². The lowest BCUT2D eigenvalue weighted by Crippen LogP contribution is -2.41. The number of thioether (sulfide) groups is 1. The van der Waals surface area contributed by atoms with Crippen LogP contribution in [0.5, 0.6) is 0 Å². The van der Waals surface area contributed by atoms with Gasteiger partial charge in [0, 0.05) is 36.8 Å². The van der Waals surface area contributed by atoms with Crippen LogP contribution in [-0.2, 0) is 4.79 Å². The predicted molar refractivity (Wildman–Crippen MR) is 87.8 cm³/mol. The lowest BCUT2D eigenvalue weighted by atomic mass is 10.1. The molecule has 0 bridgehead atoms. The van der Waals surface area contributed by atoms with Crippen LogP contribution in [0.15, 0.2) is 24.3 Å². The minimum Gasteiger partial charge on any atom is -0.355 e. The Kier molecular flexibility index (Phi) is 8.00. The molecule has 0 saturated heterocycles. The summed E-state index contributed by atoms with van der Waals surface area (Å²) in [4.78, 5) is 22.3. The SMILES string of the molecule is CS[C@@H](CNC(=O)NCCNC(C)=O)c1cccc(Cl)c1. The van der Waals surface area contributed by atoms with Gasteiger partial charge in [-0.3, -0.25) is 4.79 Å². The molecule has 0 fully saturated rings. The molecule has 1 aromatic rings. The lowest BCUT2D eigenvalue weighted by Gasteiger charge is -2.16. The van der Waals surface area contributed by atoms with Gasteiger partial charge in [-0.15, -0.1) is 0 Å². The first-order chi connectivity index (χ1) is 10.0. The third-order valence-corrected chi connectivity index (χ3v) is 3.98. The van der Waals surface area contributed by atoms with Crippen LogP contribution in [0, 0.1) is 0 Å². The van der Waals surface area contributed by atoms with E-state index >= 15 is 0 Å². The molecule has 1 aromatic carbocycles. The van der Waals surface area contributed by atoms with E-state index in [-0.39, 0.29) is 17.2 Å². The van der Waals surface area contributed by atoms with Crippen molar-refractivity contribution >= 4 is 35.3 Å². The van der Waals surface area contributed by atoms with Gasteiger partial charge >= 0.3 is 6.03 Å². The summed E-state index contributed by atoms with van der Waals surface area (Å²) in [6, 6.07) is 7.36. The zero-order valence-electron chi connectivity index (χ0n) is 12.1. The van der Waals surface area contributed by atoms with Crippen LogP contribution in [-0.4, -0.2) is 37.8 Å². The Hall–Kier alpha value is -1.40. The summed E-state index contributed by atoms with van der Waals surface area (Å²) in [5.41, 5.74) is 1.08. The third kappa shape index (κ3) is 7.24. The highest BCUT2D eigenvalue weighted by molar-refractivity contribution is 7.98. The minimum atomic E-state index is -0.249. The highest BCUT2D eigenvalue weighted by atomic mass is 35.5. The monoisotopic (exact) mass is 329 g/mol. The van der Waals surface area contributed by atoms with Crippen LogP contribution in [0.3, 0.4) is 0 Å². The fraction of sp³-hybridized carbons (Fsp3) is 0.429. The number of amides is 3. The number of carbonyl (C=O) groups is 2. The summed E-state index contributed by atoms with van der Waals surface area (Å²) in [6.07, 6.45) is 1.99. The number of nitrogens with one attached hydrogen (secondary N) is 3. The van der Waals surface area contributed by atoms with E-state index in [1.54, 1.807) is 11.8 Å². The van der Waals surface area contributed by atoms with Crippen molar-refractivity contribution in [2.24, 2.45) is 0 Å². The van der Waals surface area contributed by atoms with E-state index in [1.807, 2.05) is 30.5 Å². The standard InChI is InChI=1S/C14H20ClN3O2S/c1-10(19)16-6-7-17-14(20)18-9-13(21-2)11-4-3-5-12(15)8-11/h3-5,8,13H,6-7,9H2,1-2H3,(H,16,19)(H2,17,18,20)/t13-/m0/s1. The molecule has 7 heteroatoms. The maximum absolute atomic E-state index is 11.6. The van der Waals surface area contributed by atoms with Crippen molar-refractivity contribution in [1.29, 1.82) is 0 Å². The van der Waals surface area contributed by atoms with E-state index in [0.29, 0.717) is 24.7 Å². The number of rotatable bonds is 7. The van der Waals surface area contributed by atoms with Crippen LogP contribution >= 0.6 is 23.4 Å². The van der Waals surface area contributed by atoms with Gasteiger partial charge in [0.1, 0.15) is 0 Å². The number of halogens is 1. The maximum Gasteiger partial charge on any atom is 0.314 e. The summed E-state index contributed by atoms with van der Waals surface area (Å²) in [5, 5.41) is 8.93. The third-order valence-electron chi connectivity index (χ3n) is 2.74. The van der Waals surface area contributed by atoms with Crippen molar-refractivity contribution in [3.8, 4) is 0 Å². The second-order valence-electron chi connectivity index (χ2n) is 4.40. The second kappa shape index (κ2) is 9.52. The van der Waals surface area contributed by atoms with Crippen LogP contribution < -0.4 is 16.0 Å². The van der Waals surface area contributed by atoms with E-state index < -0.39 is 0 Å². The van der Waals surface area contributed by atoms with Gasteiger partial charge in [0.2, 0.25) is 5.91 Å². The van der Waals surface area contributed by atoms with E-state index in [9.17, 15) is 9.59 Å². The Morgan fingerprint density at radius 3 is 2.57 bits per heavy atom. The van der Waals surface area contributed by atoms with Crippen LogP contribution in [0.4, 0.5) is 4.79 Å². The lowest BCUT2D eigenvalue weighted by molar-refractivity contribution is -0.118. The molecule has 0 aromatic heterocycles. The molecular weight excluding hydrogens is 310 g/mol. The zero-order valence-corrected chi connectivity index (χ0v) is 13.7. The Morgan fingerprint density at radius 1 is 1.24 bits per heavy atom. The van der Waals surface area contributed by atoms with Crippen LogP contribution in [0.25, 0.3) is 0 Å². The molecule has 5 nitrogen and oxygen atoms in total. The molecule has 0 aliphatic heterocycles. The number of hydrogen-bond donors (Lipinski definition) is 3. The smallest absolute Gasteiger partial charge is 0.314 e. The van der Waals surface area contributed by atoms with Crippen molar-refractivity contribution in [3.63, 3.8) is 0 Å². The van der Waals surface area contributed by atoms with E-state index in [4.69, 9.17) is 11.6 Å². The molecule has 0 aliphatic carbocycles. The van der Waals surface area contributed by atoms with Crippen LogP contribution in [0.2, 0.25) is 5.02 Å². The summed E-state index contributed by atoms with van der Waals surface area (Å²) in [5.74, 6) is -0.111. The van der Waals surface area contributed by atoms with Gasteiger partial charge in [-0.25, -0.2) is 4.79 Å². The molecule has 0 aliphatic rings. The first kappa shape index (κ1) is 17.7. The molecule has 3 N–H and O–H groups in total. The average molecular weight is 330 g/mol. The van der Waals surface area contributed by atoms with E-state index in [0.717, 1.165) is 5.56 Å². The molecule has 116 valence electrons. The van der Waals surface area contributed by atoms with Crippen molar-refractivity contribution in [2.45, 2.75) is 12.2 Å². The predicted octanol–water partition coefficient (Wildman–Crippen LogP) is 2.18. The first-order valence-corrected chi connectivity index (χ1v) is 8.24. The number of hydrogen-bond acceptors (Lipinski definition) is 3. The maximum atomic E-state index is 11.6. The largest absolute Gasteiger partial charge is 0.355 e. The summed E-state index contributed by atoms with van der Waals surface area (Å²) >= 11 is 7.62. The molecule has 1 atom stereocenters. The Labute approximate surface area is 134 Å². The van der Waals surface area contributed by atoms with E-state index in [1.165, 1.54) is 6.92 Å². The molecule has 0 saturated carbocycles. The topological polar surface area (TPSA) is 70.2 Å². The van der Waals surface area contributed by atoms with Gasteiger partial charge in [0.25, 0.3) is 0 Å². The van der Waals surface area contributed by atoms with E-state index in [2.05, 4.69) is 16.0 Å². The van der Waals surface area contributed by atoms with Gasteiger partial charge in [0.15, 0.2) is 0 Å². The highest BCUT2D eigenvalue weighted by Crippen LogP contribution is 2.27. The quantitative estimate of drug-likeness (QED) is 0.671. The van der Waals surface area contributed by atoms with Gasteiger partial charge in [-0.05, 0) is 24.0 Å². The normalized spacial score (nSPS) is 11.6. The molecular formula is C14H20ClN3O2S. The second-order valence-corrected chi connectivity index (χ2v) is 5.88. The molecule has 0 spiro atoms. The number of benzene rings is 1. The Bertz CT molecular complexity index is 485. The number of urea groups is 1. The fourth-order valence-electron chi connectivity index (χ4n) is 1.71. The average Bonchev–Trinajstić information content (AvgIpc) is 2.44. The Morgan fingerprint density at radius 2 is 1.95 bits per heavy atom. The van der Waals surface area contributed by atoms with Gasteiger partial charge in [0.05, 0.1) is 0 Å². The highest BCUT2D eigenvalue weighted by Gasteiger charge is 2.11. The number of carbonyl (C=O) groups excluding carboxylic acids is 2. The summed E-state index contributed by atoms with van der Waals surface area (Å²) in [7, 11) is 0. The van der Waals surface area contributed by atoms with Crippen molar-refractivity contribution < 1.29 is 9.59 Å².